The summed E-state index contributed by atoms with van der Waals surface area (Å²) >= 11 is 3.60. The lowest BCUT2D eigenvalue weighted by Crippen LogP contribution is -2.24. The maximum Gasteiger partial charge on any atom is 0.227 e. The smallest absolute Gasteiger partial charge is 0.227 e. The number of halogens is 1. The van der Waals surface area contributed by atoms with Crippen LogP contribution in [0.1, 0.15) is 18.9 Å². The van der Waals surface area contributed by atoms with Gasteiger partial charge in [-0.3, -0.25) is 9.59 Å². The molecular weight excluding hydrogens is 373 g/mol. The molecule has 1 aromatic carbocycles. The van der Waals surface area contributed by atoms with E-state index in [0.29, 0.717) is 6.42 Å². The number of aryl methyl sites for hydroxylation is 1. The standard InChI is InChI=1S/C14H16INO2S/c1-9-5-12(3-4-13(9)15)16-7-11(6-14(16)18)8-19-10(2)17/h3-5,11H,6-8H2,1-2H3. The van der Waals surface area contributed by atoms with Gasteiger partial charge in [-0.1, -0.05) is 11.8 Å². The minimum Gasteiger partial charge on any atom is -0.312 e. The number of benzene rings is 1. The highest BCUT2D eigenvalue weighted by Gasteiger charge is 2.30. The molecule has 1 amide bonds. The Labute approximate surface area is 131 Å². The number of nitrogens with zero attached hydrogens (tertiary/aromatic N) is 1. The van der Waals surface area contributed by atoms with Crippen molar-refractivity contribution in [1.29, 1.82) is 0 Å². The van der Waals surface area contributed by atoms with Crippen molar-refractivity contribution in [3.8, 4) is 0 Å². The molecule has 3 nitrogen and oxygen atoms in total. The molecule has 1 aromatic rings. The van der Waals surface area contributed by atoms with Crippen molar-refractivity contribution < 1.29 is 9.59 Å². The van der Waals surface area contributed by atoms with E-state index < -0.39 is 0 Å². The van der Waals surface area contributed by atoms with Gasteiger partial charge in [0.05, 0.1) is 0 Å². The Morgan fingerprint density at radius 1 is 1.53 bits per heavy atom. The predicted molar refractivity (Wildman–Crippen MR) is 87.5 cm³/mol. The molecule has 0 aromatic heterocycles. The van der Waals surface area contributed by atoms with Gasteiger partial charge in [0.2, 0.25) is 5.91 Å². The fraction of sp³-hybridized carbons (Fsp3) is 0.429. The van der Waals surface area contributed by atoms with Crippen LogP contribution < -0.4 is 4.90 Å². The van der Waals surface area contributed by atoms with Gasteiger partial charge in [0.25, 0.3) is 0 Å². The van der Waals surface area contributed by atoms with E-state index in [9.17, 15) is 9.59 Å². The van der Waals surface area contributed by atoms with E-state index in [-0.39, 0.29) is 16.9 Å². The zero-order chi connectivity index (χ0) is 14.0. The fourth-order valence-corrected chi connectivity index (χ4v) is 3.20. The molecule has 1 unspecified atom stereocenters. The number of anilines is 1. The molecule has 0 spiro atoms. The van der Waals surface area contributed by atoms with Crippen LogP contribution in [0.15, 0.2) is 18.2 Å². The van der Waals surface area contributed by atoms with Gasteiger partial charge >= 0.3 is 0 Å². The van der Waals surface area contributed by atoms with Gasteiger partial charge in [-0.25, -0.2) is 0 Å². The summed E-state index contributed by atoms with van der Waals surface area (Å²) in [5.41, 5.74) is 2.16. The van der Waals surface area contributed by atoms with Crippen LogP contribution in [0.2, 0.25) is 0 Å². The monoisotopic (exact) mass is 389 g/mol. The highest BCUT2D eigenvalue weighted by atomic mass is 127. The second-order valence-electron chi connectivity index (χ2n) is 4.81. The van der Waals surface area contributed by atoms with Crippen molar-refractivity contribution >= 4 is 51.1 Å². The molecule has 5 heteroatoms. The lowest BCUT2D eigenvalue weighted by atomic mass is 10.1. The minimum atomic E-state index is 0.121. The van der Waals surface area contributed by atoms with Gasteiger partial charge in [-0.15, -0.1) is 0 Å². The highest BCUT2D eigenvalue weighted by Crippen LogP contribution is 2.29. The van der Waals surface area contributed by atoms with E-state index in [1.807, 2.05) is 17.0 Å². The predicted octanol–water partition coefficient (Wildman–Crippen LogP) is 3.23. The number of hydrogen-bond donors (Lipinski definition) is 0. The molecule has 1 aliphatic heterocycles. The summed E-state index contributed by atoms with van der Waals surface area (Å²) in [6.07, 6.45) is 0.547. The van der Waals surface area contributed by atoms with E-state index >= 15 is 0 Å². The summed E-state index contributed by atoms with van der Waals surface area (Å²) < 4.78 is 1.21. The first kappa shape index (κ1) is 14.8. The molecule has 2 rings (SSSR count). The number of carbonyl (C=O) groups is 2. The Bertz CT molecular complexity index is 518. The lowest BCUT2D eigenvalue weighted by molar-refractivity contribution is -0.117. The first-order chi connectivity index (χ1) is 8.97. The first-order valence-electron chi connectivity index (χ1n) is 6.17. The molecule has 0 N–H and O–H groups in total. The van der Waals surface area contributed by atoms with E-state index in [4.69, 9.17) is 0 Å². The van der Waals surface area contributed by atoms with Gasteiger partial charge in [0.15, 0.2) is 5.12 Å². The number of thioether (sulfide) groups is 1. The van der Waals surface area contributed by atoms with Crippen LogP contribution in [0, 0.1) is 16.4 Å². The van der Waals surface area contributed by atoms with Gasteiger partial charge < -0.3 is 4.90 Å². The van der Waals surface area contributed by atoms with Gasteiger partial charge in [0, 0.05) is 34.9 Å². The highest BCUT2D eigenvalue weighted by molar-refractivity contribution is 14.1. The second-order valence-corrected chi connectivity index (χ2v) is 7.17. The maximum atomic E-state index is 12.1. The van der Waals surface area contributed by atoms with Crippen LogP contribution in [-0.2, 0) is 9.59 Å². The molecule has 1 atom stereocenters. The van der Waals surface area contributed by atoms with Crippen molar-refractivity contribution in [1.82, 2.24) is 0 Å². The summed E-state index contributed by atoms with van der Waals surface area (Å²) in [7, 11) is 0. The van der Waals surface area contributed by atoms with Crippen LogP contribution in [0.3, 0.4) is 0 Å². The average Bonchev–Trinajstić information content (AvgIpc) is 2.72. The molecule has 1 fully saturated rings. The molecular formula is C14H16INO2S. The molecule has 0 aliphatic carbocycles. The molecule has 1 saturated heterocycles. The normalized spacial score (nSPS) is 19.0. The van der Waals surface area contributed by atoms with E-state index in [2.05, 4.69) is 35.6 Å². The number of carbonyl (C=O) groups excluding carboxylic acids is 2. The van der Waals surface area contributed by atoms with Crippen molar-refractivity contribution in [3.63, 3.8) is 0 Å². The second kappa shape index (κ2) is 6.26. The Kier molecular flexibility index (Phi) is 4.89. The van der Waals surface area contributed by atoms with Crippen molar-refractivity contribution in [2.24, 2.45) is 5.92 Å². The summed E-state index contributed by atoms with van der Waals surface area (Å²) in [5, 5.41) is 0.121. The van der Waals surface area contributed by atoms with Crippen LogP contribution >= 0.6 is 34.4 Å². The molecule has 1 aliphatic rings. The molecule has 102 valence electrons. The largest absolute Gasteiger partial charge is 0.312 e. The SMILES string of the molecule is CC(=O)SCC1CC(=O)N(c2ccc(I)c(C)c2)C1. The lowest BCUT2D eigenvalue weighted by Gasteiger charge is -2.17. The van der Waals surface area contributed by atoms with Crippen molar-refractivity contribution in [3.05, 3.63) is 27.3 Å². The molecule has 1 heterocycles. The van der Waals surface area contributed by atoms with Gasteiger partial charge in [0.1, 0.15) is 0 Å². The van der Waals surface area contributed by atoms with Gasteiger partial charge in [-0.05, 0) is 59.2 Å². The molecule has 0 radical (unpaired) electrons. The summed E-state index contributed by atoms with van der Waals surface area (Å²) in [4.78, 5) is 24.9. The third-order valence-corrected chi connectivity index (χ3v) is 5.44. The van der Waals surface area contributed by atoms with E-state index in [1.54, 1.807) is 6.92 Å². The Hall–Kier alpha value is -0.560. The van der Waals surface area contributed by atoms with Gasteiger partial charge in [-0.2, -0.15) is 0 Å². The minimum absolute atomic E-state index is 0.121. The third-order valence-electron chi connectivity index (χ3n) is 3.18. The fourth-order valence-electron chi connectivity index (χ4n) is 2.17. The Balaban J connectivity index is 2.07. The molecule has 0 bridgehead atoms. The quantitative estimate of drug-likeness (QED) is 0.745. The number of rotatable bonds is 3. The molecule has 19 heavy (non-hydrogen) atoms. The summed E-state index contributed by atoms with van der Waals surface area (Å²) in [5.74, 6) is 1.18. The topological polar surface area (TPSA) is 37.4 Å². The average molecular weight is 389 g/mol. The Morgan fingerprint density at radius 2 is 2.26 bits per heavy atom. The first-order valence-corrected chi connectivity index (χ1v) is 8.23. The third kappa shape index (κ3) is 3.72. The Morgan fingerprint density at radius 3 is 2.89 bits per heavy atom. The number of hydrogen-bond acceptors (Lipinski definition) is 3. The number of amides is 1. The van der Waals surface area contributed by atoms with Crippen molar-refractivity contribution in [2.45, 2.75) is 20.3 Å². The van der Waals surface area contributed by atoms with E-state index in [0.717, 1.165) is 18.0 Å². The van der Waals surface area contributed by atoms with Crippen molar-refractivity contribution in [2.75, 3.05) is 17.2 Å². The zero-order valence-electron chi connectivity index (χ0n) is 11.0. The zero-order valence-corrected chi connectivity index (χ0v) is 14.0. The summed E-state index contributed by atoms with van der Waals surface area (Å²) in [6, 6.07) is 6.09. The van der Waals surface area contributed by atoms with Crippen LogP contribution in [-0.4, -0.2) is 23.3 Å². The van der Waals surface area contributed by atoms with Crippen LogP contribution in [0.25, 0.3) is 0 Å². The maximum absolute atomic E-state index is 12.1. The van der Waals surface area contributed by atoms with Crippen LogP contribution in [0.5, 0.6) is 0 Å². The van der Waals surface area contributed by atoms with E-state index in [1.165, 1.54) is 20.9 Å². The molecule has 0 saturated carbocycles. The van der Waals surface area contributed by atoms with Crippen LogP contribution in [0.4, 0.5) is 5.69 Å². The summed E-state index contributed by atoms with van der Waals surface area (Å²) in [6.45, 7) is 4.34.